The first kappa shape index (κ1) is 14.0. The average molecular weight is 300 g/mol. The molecule has 1 aliphatic rings. The number of hydrogen-bond acceptors (Lipinski definition) is 2. The van der Waals surface area contributed by atoms with Crippen LogP contribution in [0.15, 0.2) is 12.3 Å². The Morgan fingerprint density at radius 2 is 2.14 bits per heavy atom. The van der Waals surface area contributed by atoms with E-state index in [4.69, 9.17) is 0 Å². The molecule has 112 valence electrons. The molecular weight excluding hydrogens is 288 g/mol. The zero-order valence-corrected chi connectivity index (χ0v) is 10.9. The number of halogens is 4. The van der Waals surface area contributed by atoms with Gasteiger partial charge in [0.25, 0.3) is 0 Å². The highest BCUT2D eigenvalue weighted by Crippen LogP contribution is 2.36. The summed E-state index contributed by atoms with van der Waals surface area (Å²) in [6.07, 6.45) is -3.07. The Morgan fingerprint density at radius 3 is 2.86 bits per heavy atom. The van der Waals surface area contributed by atoms with E-state index in [9.17, 15) is 22.4 Å². The fourth-order valence-electron chi connectivity index (χ4n) is 2.97. The van der Waals surface area contributed by atoms with Crippen LogP contribution in [0, 0.1) is 11.7 Å². The first-order valence-corrected chi connectivity index (χ1v) is 6.62. The summed E-state index contributed by atoms with van der Waals surface area (Å²) < 4.78 is 51.6. The molecule has 0 bridgehead atoms. The van der Waals surface area contributed by atoms with Crippen molar-refractivity contribution < 1.29 is 22.4 Å². The molecule has 0 saturated heterocycles. The molecule has 2 aromatic rings. The van der Waals surface area contributed by atoms with Crippen LogP contribution >= 0.6 is 0 Å². The molecule has 1 aromatic carbocycles. The maximum Gasteiger partial charge on any atom is 0.389 e. The number of ketones is 1. The van der Waals surface area contributed by atoms with Crippen LogP contribution < -0.4 is 0 Å². The number of alkyl halides is 3. The number of nitrogens with one attached hydrogen (secondary N) is 1. The maximum absolute atomic E-state index is 13.9. The van der Waals surface area contributed by atoms with Gasteiger partial charge in [-0.3, -0.25) is 9.89 Å². The monoisotopic (exact) mass is 300 g/mol. The number of H-pyrrole nitrogens is 1. The second-order valence-corrected chi connectivity index (χ2v) is 5.32. The number of carbonyl (C=O) groups excluding carboxylic acids is 1. The van der Waals surface area contributed by atoms with Gasteiger partial charge in [-0.15, -0.1) is 0 Å². The summed E-state index contributed by atoms with van der Waals surface area (Å²) in [7, 11) is 0. The van der Waals surface area contributed by atoms with E-state index in [2.05, 4.69) is 10.2 Å². The molecule has 1 aromatic heterocycles. The lowest BCUT2D eigenvalue weighted by Gasteiger charge is -2.15. The van der Waals surface area contributed by atoms with Crippen LogP contribution in [0.1, 0.15) is 35.2 Å². The van der Waals surface area contributed by atoms with Gasteiger partial charge in [0.05, 0.1) is 12.6 Å². The van der Waals surface area contributed by atoms with Crippen molar-refractivity contribution in [2.75, 3.05) is 0 Å². The lowest BCUT2D eigenvalue weighted by molar-refractivity contribution is -0.141. The normalized spacial score (nSPS) is 19.6. The Morgan fingerprint density at radius 1 is 1.38 bits per heavy atom. The van der Waals surface area contributed by atoms with Gasteiger partial charge in [0.2, 0.25) is 0 Å². The van der Waals surface area contributed by atoms with Gasteiger partial charge in [-0.25, -0.2) is 4.39 Å². The van der Waals surface area contributed by atoms with Crippen molar-refractivity contribution in [3.63, 3.8) is 0 Å². The van der Waals surface area contributed by atoms with Gasteiger partial charge in [-0.05, 0) is 30.9 Å². The summed E-state index contributed by atoms with van der Waals surface area (Å²) in [4.78, 5) is 12.3. The highest BCUT2D eigenvalue weighted by atomic mass is 19.4. The van der Waals surface area contributed by atoms with Gasteiger partial charge in [0.15, 0.2) is 5.78 Å². The van der Waals surface area contributed by atoms with E-state index in [0.717, 1.165) is 6.07 Å². The fourth-order valence-corrected chi connectivity index (χ4v) is 2.97. The molecule has 1 N–H and O–H groups in total. The third-order valence-electron chi connectivity index (χ3n) is 3.89. The summed E-state index contributed by atoms with van der Waals surface area (Å²) >= 11 is 0. The average Bonchev–Trinajstić information content (AvgIpc) is 2.82. The zero-order valence-electron chi connectivity index (χ0n) is 10.9. The summed E-state index contributed by atoms with van der Waals surface area (Å²) in [6.45, 7) is 0. The highest BCUT2D eigenvalue weighted by molar-refractivity contribution is 6.03. The van der Waals surface area contributed by atoms with Crippen LogP contribution in [0.5, 0.6) is 0 Å². The minimum absolute atomic E-state index is 0.0631. The number of nitrogens with zero attached hydrogens (tertiary/aromatic N) is 1. The van der Waals surface area contributed by atoms with Gasteiger partial charge >= 0.3 is 6.18 Å². The molecule has 0 saturated carbocycles. The number of rotatable bonds is 1. The number of benzene rings is 1. The van der Waals surface area contributed by atoms with E-state index in [1.54, 1.807) is 0 Å². The molecule has 1 aliphatic carbocycles. The number of aromatic amines is 1. The van der Waals surface area contributed by atoms with Crippen LogP contribution in [0.3, 0.4) is 0 Å². The molecule has 0 amide bonds. The minimum atomic E-state index is -4.40. The van der Waals surface area contributed by atoms with Crippen molar-refractivity contribution >= 4 is 16.7 Å². The van der Waals surface area contributed by atoms with E-state index in [1.165, 1.54) is 6.20 Å². The van der Waals surface area contributed by atoms with Crippen molar-refractivity contribution in [1.82, 2.24) is 10.2 Å². The number of carbonyl (C=O) groups is 1. The molecular formula is C14H12F4N2O. The largest absolute Gasteiger partial charge is 0.389 e. The van der Waals surface area contributed by atoms with Crippen molar-refractivity contribution in [1.29, 1.82) is 0 Å². The Hall–Kier alpha value is -1.92. The lowest BCUT2D eigenvalue weighted by Crippen LogP contribution is -2.22. The molecule has 21 heavy (non-hydrogen) atoms. The first-order chi connectivity index (χ1) is 9.87. The second kappa shape index (κ2) is 4.82. The van der Waals surface area contributed by atoms with Crippen LogP contribution in [-0.2, 0) is 6.42 Å². The van der Waals surface area contributed by atoms with Gasteiger partial charge in [0.1, 0.15) is 11.3 Å². The van der Waals surface area contributed by atoms with E-state index >= 15 is 0 Å². The van der Waals surface area contributed by atoms with E-state index in [0.29, 0.717) is 23.8 Å². The fraction of sp³-hybridized carbons (Fsp3) is 0.429. The standard InChI is InChI=1S/C14H12F4N2O/c15-11-4-9-8(10-6-19-20-12(10)11)3-1-2-7(13(9)21)5-14(16,17)18/h4,6-7H,1-3,5H2,(H,19,20). The SMILES string of the molecule is O=C1c2cc(F)c3[nH]ncc3c2CCCC1CC(F)(F)F. The predicted octanol–water partition coefficient (Wildman–Crippen LogP) is 3.79. The minimum Gasteiger partial charge on any atom is -0.294 e. The number of aryl methyl sites for hydroxylation is 1. The molecule has 0 aliphatic heterocycles. The second-order valence-electron chi connectivity index (χ2n) is 5.32. The molecule has 1 atom stereocenters. The van der Waals surface area contributed by atoms with Crippen molar-refractivity contribution in [2.45, 2.75) is 31.9 Å². The van der Waals surface area contributed by atoms with Crippen LogP contribution in [0.2, 0.25) is 0 Å². The van der Waals surface area contributed by atoms with Gasteiger partial charge in [-0.2, -0.15) is 18.3 Å². The third kappa shape index (κ3) is 2.52. The van der Waals surface area contributed by atoms with Crippen LogP contribution in [0.25, 0.3) is 10.9 Å². The zero-order chi connectivity index (χ0) is 15.2. The molecule has 7 heteroatoms. The van der Waals surface area contributed by atoms with Crippen molar-refractivity contribution in [2.24, 2.45) is 5.92 Å². The Kier molecular flexibility index (Phi) is 3.22. The summed E-state index contributed by atoms with van der Waals surface area (Å²) in [5.41, 5.74) is 0.846. The van der Waals surface area contributed by atoms with Crippen LogP contribution in [-0.4, -0.2) is 22.2 Å². The van der Waals surface area contributed by atoms with Gasteiger partial charge < -0.3 is 0 Å². The molecule has 3 nitrogen and oxygen atoms in total. The molecule has 1 unspecified atom stereocenters. The molecule has 0 radical (unpaired) electrons. The van der Waals surface area contributed by atoms with E-state index in [-0.39, 0.29) is 17.5 Å². The molecule has 0 spiro atoms. The van der Waals surface area contributed by atoms with Gasteiger partial charge in [0, 0.05) is 16.9 Å². The smallest absolute Gasteiger partial charge is 0.294 e. The first-order valence-electron chi connectivity index (χ1n) is 6.62. The Labute approximate surface area is 117 Å². The molecule has 3 rings (SSSR count). The quantitative estimate of drug-likeness (QED) is 0.643. The summed E-state index contributed by atoms with van der Waals surface area (Å²) in [6, 6.07) is 1.03. The lowest BCUT2D eigenvalue weighted by atomic mass is 9.91. The number of fused-ring (bicyclic) bond motifs is 3. The van der Waals surface area contributed by atoms with Crippen molar-refractivity contribution in [3.8, 4) is 0 Å². The third-order valence-corrected chi connectivity index (χ3v) is 3.89. The molecule has 1 heterocycles. The Balaban J connectivity index is 2.09. The predicted molar refractivity (Wildman–Crippen MR) is 67.5 cm³/mol. The topological polar surface area (TPSA) is 45.8 Å². The Bertz CT molecular complexity index is 705. The number of hydrogen-bond donors (Lipinski definition) is 1. The van der Waals surface area contributed by atoms with Crippen molar-refractivity contribution in [3.05, 3.63) is 29.2 Å². The van der Waals surface area contributed by atoms with E-state index < -0.39 is 30.1 Å². The van der Waals surface area contributed by atoms with E-state index in [1.807, 2.05) is 0 Å². The number of Topliss-reactive ketones (excluding diaryl/α,β-unsaturated/α-hetero) is 1. The molecule has 0 fully saturated rings. The van der Waals surface area contributed by atoms with Crippen LogP contribution in [0.4, 0.5) is 17.6 Å². The highest BCUT2D eigenvalue weighted by Gasteiger charge is 2.37. The number of aromatic nitrogens is 2. The summed E-state index contributed by atoms with van der Waals surface area (Å²) in [5, 5.41) is 6.73. The van der Waals surface area contributed by atoms with Gasteiger partial charge in [-0.1, -0.05) is 0 Å². The maximum atomic E-state index is 13.9. The summed E-state index contributed by atoms with van der Waals surface area (Å²) in [5.74, 6) is -2.42.